The predicted octanol–water partition coefficient (Wildman–Crippen LogP) is 4.79. The van der Waals surface area contributed by atoms with Gasteiger partial charge in [0.1, 0.15) is 23.0 Å². The van der Waals surface area contributed by atoms with E-state index in [1.807, 2.05) is 6.07 Å². The highest BCUT2D eigenvalue weighted by molar-refractivity contribution is 6.15. The van der Waals surface area contributed by atoms with Gasteiger partial charge < -0.3 is 33.2 Å². The largest absolute Gasteiger partial charge is 0.497 e. The highest BCUT2D eigenvalue weighted by Crippen LogP contribution is 2.51. The van der Waals surface area contributed by atoms with Gasteiger partial charge in [-0.25, -0.2) is 0 Å². The van der Waals surface area contributed by atoms with Gasteiger partial charge in [0.15, 0.2) is 17.3 Å². The molecular formula is C29H26O9. The first-order chi connectivity index (χ1) is 18.4. The quantitative estimate of drug-likeness (QED) is 0.248. The number of carbonyl (C=O) groups is 2. The Balaban J connectivity index is 1.62. The van der Waals surface area contributed by atoms with Crippen molar-refractivity contribution in [1.82, 2.24) is 0 Å². The van der Waals surface area contributed by atoms with Gasteiger partial charge in [-0.1, -0.05) is 6.07 Å². The summed E-state index contributed by atoms with van der Waals surface area (Å²) in [5.41, 5.74) is 2.27. The molecular weight excluding hydrogens is 492 g/mol. The molecule has 0 aliphatic carbocycles. The molecule has 0 saturated heterocycles. The van der Waals surface area contributed by atoms with Crippen LogP contribution in [0.4, 0.5) is 0 Å². The number of ketones is 1. The van der Waals surface area contributed by atoms with Crippen LogP contribution in [0.5, 0.6) is 40.2 Å². The lowest BCUT2D eigenvalue weighted by atomic mass is 9.84. The second kappa shape index (κ2) is 10.0. The van der Waals surface area contributed by atoms with Gasteiger partial charge in [0.05, 0.1) is 47.5 Å². The fraction of sp³-hybridized carbons (Fsp3) is 0.241. The molecule has 0 unspecified atom stereocenters. The average molecular weight is 519 g/mol. The summed E-state index contributed by atoms with van der Waals surface area (Å²) in [6, 6.07) is 12.1. The molecule has 0 radical (unpaired) electrons. The first-order valence-electron chi connectivity index (χ1n) is 11.8. The topological polar surface area (TPSA) is 98.8 Å². The van der Waals surface area contributed by atoms with Crippen LogP contribution in [-0.2, 0) is 4.79 Å². The lowest BCUT2D eigenvalue weighted by Gasteiger charge is -2.27. The summed E-state index contributed by atoms with van der Waals surface area (Å²) in [4.78, 5) is 26.0. The number of allylic oxidation sites excluding steroid dienone is 1. The standard InChI is InChI=1S/C29H26O9/c1-32-16-7-8-17(22(13-16)34-3)19-14-24(30)37-20-11-9-18-26(31)23(38-28(18)25(19)20)12-15-6-10-21(33-2)29(36-5)27(15)35-4/h6-13,19H,14H2,1-5H3/b23-12-/t19-/m1/s1. The van der Waals surface area contributed by atoms with E-state index in [9.17, 15) is 9.59 Å². The lowest BCUT2D eigenvalue weighted by Crippen LogP contribution is -2.22. The Kier molecular flexibility index (Phi) is 6.59. The summed E-state index contributed by atoms with van der Waals surface area (Å²) in [6.07, 6.45) is 1.64. The monoisotopic (exact) mass is 518 g/mol. The maximum atomic E-state index is 13.4. The molecule has 2 heterocycles. The second-order valence-corrected chi connectivity index (χ2v) is 8.56. The Labute approximate surface area is 219 Å². The summed E-state index contributed by atoms with van der Waals surface area (Å²) in [5, 5.41) is 0. The third-order valence-corrected chi connectivity index (χ3v) is 6.62. The maximum Gasteiger partial charge on any atom is 0.312 e. The van der Waals surface area contributed by atoms with E-state index in [2.05, 4.69) is 0 Å². The van der Waals surface area contributed by atoms with Crippen molar-refractivity contribution in [2.45, 2.75) is 12.3 Å². The SMILES string of the molecule is COc1ccc([C@H]2CC(=O)Oc3ccc4c(c32)O/C(=C\c2ccc(OC)c(OC)c2OC)C4=O)c(OC)c1. The van der Waals surface area contributed by atoms with Crippen LogP contribution in [0.15, 0.2) is 48.2 Å². The van der Waals surface area contributed by atoms with E-state index in [-0.39, 0.29) is 18.0 Å². The van der Waals surface area contributed by atoms with Crippen molar-refractivity contribution >= 4 is 17.8 Å². The van der Waals surface area contributed by atoms with Crippen LogP contribution in [0.1, 0.15) is 39.4 Å². The molecule has 1 atom stereocenters. The minimum atomic E-state index is -0.468. The molecule has 196 valence electrons. The van der Waals surface area contributed by atoms with Gasteiger partial charge in [-0.05, 0) is 36.4 Å². The van der Waals surface area contributed by atoms with Crippen LogP contribution in [0.25, 0.3) is 6.08 Å². The normalized spacial score (nSPS) is 16.8. The van der Waals surface area contributed by atoms with Crippen LogP contribution in [-0.4, -0.2) is 47.3 Å². The number of methoxy groups -OCH3 is 5. The first kappa shape index (κ1) is 25.0. The van der Waals surface area contributed by atoms with Crippen LogP contribution in [0, 0.1) is 0 Å². The third-order valence-electron chi connectivity index (χ3n) is 6.62. The smallest absolute Gasteiger partial charge is 0.312 e. The average Bonchev–Trinajstić information content (AvgIpc) is 3.26. The van der Waals surface area contributed by atoms with Crippen LogP contribution >= 0.6 is 0 Å². The van der Waals surface area contributed by atoms with E-state index in [1.165, 1.54) is 21.3 Å². The van der Waals surface area contributed by atoms with Crippen molar-refractivity contribution in [3.8, 4) is 40.2 Å². The summed E-state index contributed by atoms with van der Waals surface area (Å²) < 4.78 is 39.0. The van der Waals surface area contributed by atoms with E-state index in [1.54, 1.807) is 56.7 Å². The Morgan fingerprint density at radius 3 is 2.24 bits per heavy atom. The molecule has 0 spiro atoms. The van der Waals surface area contributed by atoms with Gasteiger partial charge in [0.2, 0.25) is 11.5 Å². The van der Waals surface area contributed by atoms with Crippen molar-refractivity contribution < 1.29 is 42.7 Å². The van der Waals surface area contributed by atoms with Gasteiger partial charge >= 0.3 is 5.97 Å². The van der Waals surface area contributed by atoms with Crippen molar-refractivity contribution in [2.75, 3.05) is 35.5 Å². The molecule has 0 aromatic heterocycles. The van der Waals surface area contributed by atoms with Gasteiger partial charge in [0, 0.05) is 28.7 Å². The Hall–Kier alpha value is -4.66. The fourth-order valence-corrected chi connectivity index (χ4v) is 4.86. The van der Waals surface area contributed by atoms with E-state index in [0.717, 1.165) is 5.56 Å². The number of ether oxygens (including phenoxy) is 7. The molecule has 0 amide bonds. The number of benzene rings is 3. The maximum absolute atomic E-state index is 13.4. The van der Waals surface area contributed by atoms with Gasteiger partial charge in [-0.3, -0.25) is 9.59 Å². The Morgan fingerprint density at radius 1 is 0.789 bits per heavy atom. The van der Waals surface area contributed by atoms with Crippen LogP contribution in [0.3, 0.4) is 0 Å². The molecule has 9 heteroatoms. The van der Waals surface area contributed by atoms with E-state index >= 15 is 0 Å². The predicted molar refractivity (Wildman–Crippen MR) is 137 cm³/mol. The first-order valence-corrected chi connectivity index (χ1v) is 11.8. The Bertz CT molecular complexity index is 1470. The number of carbonyl (C=O) groups excluding carboxylic acids is 2. The number of Topliss-reactive ketones (excluding diaryl/α,β-unsaturated/α-hetero) is 1. The third kappa shape index (κ3) is 4.06. The van der Waals surface area contributed by atoms with E-state index in [4.69, 9.17) is 33.2 Å². The molecule has 2 aliphatic rings. The Morgan fingerprint density at radius 2 is 1.55 bits per heavy atom. The molecule has 3 aromatic rings. The molecule has 0 fully saturated rings. The second-order valence-electron chi connectivity index (χ2n) is 8.56. The fourth-order valence-electron chi connectivity index (χ4n) is 4.86. The molecule has 0 saturated carbocycles. The summed E-state index contributed by atoms with van der Waals surface area (Å²) >= 11 is 0. The molecule has 2 aliphatic heterocycles. The number of hydrogen-bond donors (Lipinski definition) is 0. The van der Waals surface area contributed by atoms with Crippen molar-refractivity contribution in [2.24, 2.45) is 0 Å². The van der Waals surface area contributed by atoms with Gasteiger partial charge in [0.25, 0.3) is 0 Å². The van der Waals surface area contributed by atoms with E-state index in [0.29, 0.717) is 56.9 Å². The van der Waals surface area contributed by atoms with Gasteiger partial charge in [-0.2, -0.15) is 0 Å². The van der Waals surface area contributed by atoms with Crippen molar-refractivity contribution in [1.29, 1.82) is 0 Å². The minimum absolute atomic E-state index is 0.0479. The highest BCUT2D eigenvalue weighted by Gasteiger charge is 2.39. The molecule has 38 heavy (non-hydrogen) atoms. The van der Waals surface area contributed by atoms with Crippen molar-refractivity contribution in [3.05, 3.63) is 70.5 Å². The molecule has 0 bridgehead atoms. The van der Waals surface area contributed by atoms with Gasteiger partial charge in [-0.15, -0.1) is 0 Å². The summed E-state index contributed by atoms with van der Waals surface area (Å²) in [5.74, 6) is 2.03. The number of fused-ring (bicyclic) bond motifs is 3. The highest BCUT2D eigenvalue weighted by atomic mass is 16.5. The summed E-state index contributed by atoms with van der Waals surface area (Å²) in [6.45, 7) is 0. The zero-order valence-corrected chi connectivity index (χ0v) is 21.6. The molecule has 3 aromatic carbocycles. The number of rotatable bonds is 7. The molecule has 0 N–H and O–H groups in total. The zero-order valence-electron chi connectivity index (χ0n) is 21.6. The number of esters is 1. The molecule has 9 nitrogen and oxygen atoms in total. The van der Waals surface area contributed by atoms with Crippen LogP contribution < -0.4 is 33.2 Å². The summed E-state index contributed by atoms with van der Waals surface area (Å²) in [7, 11) is 7.65. The van der Waals surface area contributed by atoms with Crippen molar-refractivity contribution in [3.63, 3.8) is 0 Å². The zero-order chi connectivity index (χ0) is 27.0. The lowest BCUT2D eigenvalue weighted by molar-refractivity contribution is -0.135. The molecule has 5 rings (SSSR count). The van der Waals surface area contributed by atoms with E-state index < -0.39 is 11.9 Å². The minimum Gasteiger partial charge on any atom is -0.497 e. The van der Waals surface area contributed by atoms with Crippen LogP contribution in [0.2, 0.25) is 0 Å². The number of hydrogen-bond acceptors (Lipinski definition) is 9.